The molecule has 0 atom stereocenters. The van der Waals surface area contributed by atoms with E-state index in [1.807, 2.05) is 18.6 Å². The van der Waals surface area contributed by atoms with Crippen LogP contribution in [0, 0.1) is 0 Å². The molecule has 4 aromatic rings. The number of fused-ring (bicyclic) bond motifs is 1. The molecule has 2 fully saturated rings. The molecule has 4 heterocycles. The number of pyridine rings is 2. The lowest BCUT2D eigenvalue weighted by atomic mass is 9.91. The zero-order valence-electron chi connectivity index (χ0n) is 19.8. The number of hydrogen-bond acceptors (Lipinski definition) is 5. The number of nitrogens with one attached hydrogen (secondary N) is 1. The van der Waals surface area contributed by atoms with Crippen LogP contribution in [0.15, 0.2) is 67.1 Å². The van der Waals surface area contributed by atoms with Gasteiger partial charge < -0.3 is 10.2 Å². The van der Waals surface area contributed by atoms with Gasteiger partial charge in [-0.3, -0.25) is 14.3 Å². The highest BCUT2D eigenvalue weighted by molar-refractivity contribution is 5.78. The minimum atomic E-state index is 0.854. The summed E-state index contributed by atoms with van der Waals surface area (Å²) in [5.41, 5.74) is 7.67. The van der Waals surface area contributed by atoms with Crippen LogP contribution in [0.4, 0.5) is 17.1 Å². The van der Waals surface area contributed by atoms with Gasteiger partial charge in [-0.15, -0.1) is 0 Å². The summed E-state index contributed by atoms with van der Waals surface area (Å²) in [6.45, 7) is 6.74. The minimum absolute atomic E-state index is 0.854. The summed E-state index contributed by atoms with van der Waals surface area (Å²) < 4.78 is 2.15. The maximum Gasteiger partial charge on any atom is 0.161 e. The highest BCUT2D eigenvalue weighted by atomic mass is 15.3. The SMILES string of the molecule is CCc1cc(-c2ccc(Nc3ccc(N4CCN(C5CCC5)CC4)cc3)c3nccn23)ccn1. The summed E-state index contributed by atoms with van der Waals surface area (Å²) in [6.07, 6.45) is 10.9. The fraction of sp³-hybridized carbons (Fsp3) is 0.357. The van der Waals surface area contributed by atoms with Crippen LogP contribution < -0.4 is 10.2 Å². The predicted octanol–water partition coefficient (Wildman–Crippen LogP) is 5.38. The third-order valence-electron chi connectivity index (χ3n) is 7.44. The van der Waals surface area contributed by atoms with Gasteiger partial charge in [0.25, 0.3) is 0 Å². The number of aryl methyl sites for hydroxylation is 1. The second kappa shape index (κ2) is 9.11. The molecule has 1 aromatic carbocycles. The Labute approximate surface area is 201 Å². The first kappa shape index (κ1) is 21.2. The summed E-state index contributed by atoms with van der Waals surface area (Å²) in [7, 11) is 0. The predicted molar refractivity (Wildman–Crippen MR) is 139 cm³/mol. The second-order valence-electron chi connectivity index (χ2n) is 9.42. The van der Waals surface area contributed by atoms with Crippen LogP contribution in [-0.4, -0.2) is 51.5 Å². The Morgan fingerprint density at radius 1 is 0.912 bits per heavy atom. The van der Waals surface area contributed by atoms with E-state index >= 15 is 0 Å². The third-order valence-corrected chi connectivity index (χ3v) is 7.44. The number of nitrogens with zero attached hydrogens (tertiary/aromatic N) is 5. The van der Waals surface area contributed by atoms with Crippen LogP contribution >= 0.6 is 0 Å². The molecule has 0 radical (unpaired) electrons. The van der Waals surface area contributed by atoms with E-state index in [0.717, 1.165) is 59.5 Å². The summed E-state index contributed by atoms with van der Waals surface area (Å²) in [4.78, 5) is 14.3. The second-order valence-corrected chi connectivity index (χ2v) is 9.42. The Hall–Kier alpha value is -3.38. The summed E-state index contributed by atoms with van der Waals surface area (Å²) in [5.74, 6) is 0. The molecule has 3 aromatic heterocycles. The van der Waals surface area contributed by atoms with Crippen molar-refractivity contribution in [3.63, 3.8) is 0 Å². The summed E-state index contributed by atoms with van der Waals surface area (Å²) in [6, 6.07) is 18.2. The largest absolute Gasteiger partial charge is 0.369 e. The monoisotopic (exact) mass is 452 g/mol. The highest BCUT2D eigenvalue weighted by Crippen LogP contribution is 2.30. The molecule has 6 rings (SSSR count). The Kier molecular flexibility index (Phi) is 5.67. The van der Waals surface area contributed by atoms with Gasteiger partial charge in [-0.2, -0.15) is 0 Å². The van der Waals surface area contributed by atoms with Crippen LogP contribution in [-0.2, 0) is 6.42 Å². The molecule has 0 unspecified atom stereocenters. The van der Waals surface area contributed by atoms with Crippen LogP contribution in [0.1, 0.15) is 31.9 Å². The van der Waals surface area contributed by atoms with Gasteiger partial charge in [0.05, 0.1) is 11.4 Å². The highest BCUT2D eigenvalue weighted by Gasteiger charge is 2.27. The molecule has 0 amide bonds. The quantitative estimate of drug-likeness (QED) is 0.426. The maximum absolute atomic E-state index is 4.64. The smallest absolute Gasteiger partial charge is 0.161 e. The van der Waals surface area contributed by atoms with Crippen molar-refractivity contribution in [2.45, 2.75) is 38.6 Å². The van der Waals surface area contributed by atoms with Crippen molar-refractivity contribution >= 4 is 22.7 Å². The van der Waals surface area contributed by atoms with E-state index in [4.69, 9.17) is 0 Å². The Balaban J connectivity index is 1.18. The minimum Gasteiger partial charge on any atom is -0.369 e. The zero-order chi connectivity index (χ0) is 22.9. The molecule has 1 aliphatic carbocycles. The van der Waals surface area contributed by atoms with Gasteiger partial charge in [-0.1, -0.05) is 13.3 Å². The first-order valence-electron chi connectivity index (χ1n) is 12.6. The normalized spacial score (nSPS) is 17.1. The Morgan fingerprint density at radius 3 is 2.47 bits per heavy atom. The van der Waals surface area contributed by atoms with Crippen molar-refractivity contribution < 1.29 is 0 Å². The van der Waals surface area contributed by atoms with Crippen LogP contribution in [0.3, 0.4) is 0 Å². The van der Waals surface area contributed by atoms with Gasteiger partial charge in [0.2, 0.25) is 0 Å². The van der Waals surface area contributed by atoms with Crippen molar-refractivity contribution in [3.8, 4) is 11.3 Å². The van der Waals surface area contributed by atoms with Crippen LogP contribution in [0.2, 0.25) is 0 Å². The fourth-order valence-electron chi connectivity index (χ4n) is 5.19. The molecule has 1 saturated heterocycles. The molecule has 0 bridgehead atoms. The average molecular weight is 453 g/mol. The topological polar surface area (TPSA) is 48.7 Å². The van der Waals surface area contributed by atoms with Crippen molar-refractivity contribution in [1.82, 2.24) is 19.3 Å². The van der Waals surface area contributed by atoms with E-state index in [1.54, 1.807) is 0 Å². The lowest BCUT2D eigenvalue weighted by Crippen LogP contribution is -2.52. The van der Waals surface area contributed by atoms with E-state index in [2.05, 4.69) is 84.9 Å². The summed E-state index contributed by atoms with van der Waals surface area (Å²) >= 11 is 0. The molecular weight excluding hydrogens is 420 g/mol. The van der Waals surface area contributed by atoms with Gasteiger partial charge >= 0.3 is 0 Å². The fourth-order valence-corrected chi connectivity index (χ4v) is 5.19. The van der Waals surface area contributed by atoms with Gasteiger partial charge in [-0.25, -0.2) is 4.98 Å². The molecule has 1 aliphatic heterocycles. The van der Waals surface area contributed by atoms with Crippen molar-refractivity contribution in [2.75, 3.05) is 36.4 Å². The number of hydrogen-bond donors (Lipinski definition) is 1. The number of imidazole rings is 1. The Bertz CT molecular complexity index is 1270. The number of benzene rings is 1. The first-order valence-corrected chi connectivity index (χ1v) is 12.6. The molecule has 1 saturated carbocycles. The standard InChI is InChI=1S/C28H32N6/c1-2-22-20-21(12-13-29-22)27-11-10-26(28-30-14-15-34(27)28)31-23-6-8-25(9-7-23)33-18-16-32(17-19-33)24-4-3-5-24/h6-15,20,24,31H,2-5,16-19H2,1H3. The number of anilines is 3. The van der Waals surface area contributed by atoms with E-state index in [1.165, 1.54) is 38.0 Å². The van der Waals surface area contributed by atoms with Gasteiger partial charge in [0.1, 0.15) is 0 Å². The average Bonchev–Trinajstić information content (AvgIpc) is 3.35. The van der Waals surface area contributed by atoms with E-state index in [-0.39, 0.29) is 0 Å². The van der Waals surface area contributed by atoms with Gasteiger partial charge in [-0.05, 0) is 67.8 Å². The molecular formula is C28H32N6. The lowest BCUT2D eigenvalue weighted by Gasteiger charge is -2.43. The van der Waals surface area contributed by atoms with Crippen LogP contribution in [0.25, 0.3) is 16.9 Å². The third kappa shape index (κ3) is 4.03. The van der Waals surface area contributed by atoms with E-state index in [0.29, 0.717) is 0 Å². The molecule has 6 nitrogen and oxygen atoms in total. The van der Waals surface area contributed by atoms with Gasteiger partial charge in [0, 0.05) is 73.4 Å². The van der Waals surface area contributed by atoms with E-state index in [9.17, 15) is 0 Å². The van der Waals surface area contributed by atoms with Crippen molar-refractivity contribution in [1.29, 1.82) is 0 Å². The molecule has 174 valence electrons. The molecule has 34 heavy (non-hydrogen) atoms. The Morgan fingerprint density at radius 2 is 1.74 bits per heavy atom. The number of aromatic nitrogens is 3. The maximum atomic E-state index is 4.64. The lowest BCUT2D eigenvalue weighted by molar-refractivity contribution is 0.120. The van der Waals surface area contributed by atoms with Crippen molar-refractivity contribution in [2.24, 2.45) is 0 Å². The van der Waals surface area contributed by atoms with E-state index < -0.39 is 0 Å². The molecule has 2 aliphatic rings. The molecule has 6 heteroatoms. The zero-order valence-corrected chi connectivity index (χ0v) is 19.8. The molecule has 1 N–H and O–H groups in total. The number of piperazine rings is 1. The molecule has 0 spiro atoms. The summed E-state index contributed by atoms with van der Waals surface area (Å²) in [5, 5.41) is 3.58. The van der Waals surface area contributed by atoms with Crippen LogP contribution in [0.5, 0.6) is 0 Å². The number of rotatable bonds is 6. The van der Waals surface area contributed by atoms with Crippen molar-refractivity contribution in [3.05, 3.63) is 72.8 Å². The first-order chi connectivity index (χ1) is 16.8. The van der Waals surface area contributed by atoms with Gasteiger partial charge in [0.15, 0.2) is 5.65 Å².